The second kappa shape index (κ2) is 4.55. The molecule has 0 aliphatic rings. The van der Waals surface area contributed by atoms with Crippen molar-refractivity contribution in [3.05, 3.63) is 22.2 Å². The maximum Gasteiger partial charge on any atom is 0.316 e. The van der Waals surface area contributed by atoms with Crippen molar-refractivity contribution in [1.82, 2.24) is 0 Å². The van der Waals surface area contributed by atoms with Crippen LogP contribution in [0.3, 0.4) is 0 Å². The topological polar surface area (TPSA) is 122 Å². The normalized spacial score (nSPS) is 11.0. The summed E-state index contributed by atoms with van der Waals surface area (Å²) in [5.74, 6) is -0.240. The number of nitro benzene ring substituents is 1. The largest absolute Gasteiger partial charge is 0.493 e. The molecule has 0 atom stereocenters. The third-order valence-electron chi connectivity index (χ3n) is 1.96. The number of sulfonamides is 1. The molecule has 0 fully saturated rings. The van der Waals surface area contributed by atoms with Gasteiger partial charge in [0.05, 0.1) is 24.0 Å². The molecular weight excluding hydrogens is 252 g/mol. The predicted octanol–water partition coefficient (Wildman–Crippen LogP) is 0.259. The van der Waals surface area contributed by atoms with Crippen LogP contribution in [-0.2, 0) is 10.0 Å². The number of nitrogens with two attached hydrogens (primary N) is 1. The molecule has 1 rings (SSSR count). The van der Waals surface area contributed by atoms with Crippen molar-refractivity contribution >= 4 is 15.7 Å². The van der Waals surface area contributed by atoms with Crippen molar-refractivity contribution in [2.24, 2.45) is 5.14 Å². The van der Waals surface area contributed by atoms with Gasteiger partial charge in [-0.05, 0) is 0 Å². The Labute approximate surface area is 97.1 Å². The summed E-state index contributed by atoms with van der Waals surface area (Å²) in [5, 5.41) is 15.7. The third-order valence-corrected chi connectivity index (χ3v) is 2.85. The zero-order chi connectivity index (χ0) is 13.2. The van der Waals surface area contributed by atoms with Gasteiger partial charge in [0.2, 0.25) is 15.8 Å². The summed E-state index contributed by atoms with van der Waals surface area (Å²) in [4.78, 5) is 9.57. The highest BCUT2D eigenvalue weighted by atomic mass is 32.2. The van der Waals surface area contributed by atoms with E-state index in [9.17, 15) is 18.5 Å². The molecule has 2 N–H and O–H groups in total. The fourth-order valence-corrected chi connectivity index (χ4v) is 1.77. The molecule has 17 heavy (non-hydrogen) atoms. The molecule has 0 unspecified atom stereocenters. The number of hydrogen-bond acceptors (Lipinski definition) is 6. The van der Waals surface area contributed by atoms with Crippen LogP contribution >= 0.6 is 0 Å². The minimum Gasteiger partial charge on any atom is -0.493 e. The highest BCUT2D eigenvalue weighted by Crippen LogP contribution is 2.38. The molecule has 1 aromatic carbocycles. The van der Waals surface area contributed by atoms with E-state index < -0.39 is 25.5 Å². The first-order valence-electron chi connectivity index (χ1n) is 4.24. The lowest BCUT2D eigenvalue weighted by atomic mass is 10.2. The smallest absolute Gasteiger partial charge is 0.316 e. The van der Waals surface area contributed by atoms with E-state index in [-0.39, 0.29) is 11.5 Å². The average molecular weight is 262 g/mol. The number of hydrogen-bond donors (Lipinski definition) is 1. The molecule has 0 saturated carbocycles. The zero-order valence-electron chi connectivity index (χ0n) is 9.04. The lowest BCUT2D eigenvalue weighted by Crippen LogP contribution is -2.13. The van der Waals surface area contributed by atoms with E-state index in [0.717, 1.165) is 12.1 Å². The molecule has 1 aromatic rings. The van der Waals surface area contributed by atoms with Crippen LogP contribution in [0.15, 0.2) is 17.0 Å². The summed E-state index contributed by atoms with van der Waals surface area (Å²) >= 11 is 0. The molecule has 0 aliphatic heterocycles. The van der Waals surface area contributed by atoms with Gasteiger partial charge in [0.1, 0.15) is 0 Å². The van der Waals surface area contributed by atoms with Crippen LogP contribution in [-0.4, -0.2) is 27.6 Å². The van der Waals surface area contributed by atoms with Crippen molar-refractivity contribution in [2.45, 2.75) is 4.90 Å². The van der Waals surface area contributed by atoms with Crippen LogP contribution in [0.4, 0.5) is 5.69 Å². The van der Waals surface area contributed by atoms with Gasteiger partial charge in [-0.3, -0.25) is 10.1 Å². The maximum absolute atomic E-state index is 11.1. The molecule has 94 valence electrons. The van der Waals surface area contributed by atoms with Crippen LogP contribution in [0, 0.1) is 10.1 Å². The van der Waals surface area contributed by atoms with E-state index in [2.05, 4.69) is 0 Å². The number of benzene rings is 1. The van der Waals surface area contributed by atoms with Crippen LogP contribution in [0.1, 0.15) is 0 Å². The minimum atomic E-state index is -4.06. The Balaban J connectivity index is 3.63. The number of nitrogens with zero attached hydrogens (tertiary/aromatic N) is 1. The summed E-state index contributed by atoms with van der Waals surface area (Å²) in [5.41, 5.74) is -0.532. The van der Waals surface area contributed by atoms with Gasteiger partial charge in [-0.1, -0.05) is 0 Å². The van der Waals surface area contributed by atoms with Gasteiger partial charge in [0.25, 0.3) is 0 Å². The number of nitro groups is 1. The molecule has 0 spiro atoms. The Kier molecular flexibility index (Phi) is 3.53. The Morgan fingerprint density at radius 1 is 1.29 bits per heavy atom. The molecule has 0 saturated heterocycles. The average Bonchev–Trinajstić information content (AvgIpc) is 2.25. The summed E-state index contributed by atoms with van der Waals surface area (Å²) < 4.78 is 31.9. The molecule has 8 nitrogen and oxygen atoms in total. The SMILES string of the molecule is COc1cc(S(N)(=O)=O)cc([N+](=O)[O-])c1OC. The van der Waals surface area contributed by atoms with E-state index in [4.69, 9.17) is 14.6 Å². The highest BCUT2D eigenvalue weighted by Gasteiger charge is 2.24. The fraction of sp³-hybridized carbons (Fsp3) is 0.250. The first-order chi connectivity index (χ1) is 7.81. The van der Waals surface area contributed by atoms with Crippen molar-refractivity contribution in [2.75, 3.05) is 14.2 Å². The Morgan fingerprint density at radius 3 is 2.24 bits per heavy atom. The third kappa shape index (κ3) is 2.63. The highest BCUT2D eigenvalue weighted by molar-refractivity contribution is 7.89. The molecule has 0 bridgehead atoms. The van der Waals surface area contributed by atoms with Crippen LogP contribution in [0.2, 0.25) is 0 Å². The van der Waals surface area contributed by atoms with Crippen molar-refractivity contribution in [3.63, 3.8) is 0 Å². The van der Waals surface area contributed by atoms with E-state index in [1.165, 1.54) is 14.2 Å². The van der Waals surface area contributed by atoms with Crippen molar-refractivity contribution in [1.29, 1.82) is 0 Å². The molecule has 0 aliphatic carbocycles. The Hall–Kier alpha value is -1.87. The zero-order valence-corrected chi connectivity index (χ0v) is 9.85. The Morgan fingerprint density at radius 2 is 1.88 bits per heavy atom. The van der Waals surface area contributed by atoms with Gasteiger partial charge in [0.15, 0.2) is 5.75 Å². The molecule has 9 heteroatoms. The standard InChI is InChI=1S/C8H10N2O6S/c1-15-7-4-5(17(9,13)14)3-6(10(11)12)8(7)16-2/h3-4H,1-2H3,(H2,9,13,14). The van der Waals surface area contributed by atoms with Gasteiger partial charge in [-0.15, -0.1) is 0 Å². The lowest BCUT2D eigenvalue weighted by molar-refractivity contribution is -0.386. The van der Waals surface area contributed by atoms with Gasteiger partial charge >= 0.3 is 5.69 Å². The summed E-state index contributed by atoms with van der Waals surface area (Å²) in [6, 6.07) is 1.87. The van der Waals surface area contributed by atoms with Crippen LogP contribution in [0.25, 0.3) is 0 Å². The molecule has 0 radical (unpaired) electrons. The molecule has 0 amide bonds. The number of ether oxygens (including phenoxy) is 2. The quantitative estimate of drug-likeness (QED) is 0.613. The summed E-state index contributed by atoms with van der Waals surface area (Å²) in [6.45, 7) is 0. The first kappa shape index (κ1) is 13.2. The predicted molar refractivity (Wildman–Crippen MR) is 57.6 cm³/mol. The Bertz CT molecular complexity index is 553. The van der Waals surface area contributed by atoms with Gasteiger partial charge in [-0.2, -0.15) is 0 Å². The van der Waals surface area contributed by atoms with Crippen LogP contribution < -0.4 is 14.6 Å². The van der Waals surface area contributed by atoms with Gasteiger partial charge in [-0.25, -0.2) is 13.6 Å². The molecule has 0 heterocycles. The van der Waals surface area contributed by atoms with Gasteiger partial charge < -0.3 is 9.47 Å². The first-order valence-corrected chi connectivity index (χ1v) is 5.79. The molecular formula is C8H10N2O6S. The monoisotopic (exact) mass is 262 g/mol. The van der Waals surface area contributed by atoms with E-state index in [0.29, 0.717) is 0 Å². The van der Waals surface area contributed by atoms with Crippen molar-refractivity contribution < 1.29 is 22.8 Å². The number of rotatable bonds is 4. The van der Waals surface area contributed by atoms with E-state index in [1.807, 2.05) is 0 Å². The number of primary sulfonamides is 1. The lowest BCUT2D eigenvalue weighted by Gasteiger charge is -2.09. The summed E-state index contributed by atoms with van der Waals surface area (Å²) in [6.07, 6.45) is 0. The summed E-state index contributed by atoms with van der Waals surface area (Å²) in [7, 11) is -1.62. The second-order valence-corrected chi connectivity index (χ2v) is 4.54. The minimum absolute atomic E-state index is 0.0780. The maximum atomic E-state index is 11.1. The second-order valence-electron chi connectivity index (χ2n) is 2.98. The van der Waals surface area contributed by atoms with E-state index >= 15 is 0 Å². The van der Waals surface area contributed by atoms with Crippen molar-refractivity contribution in [3.8, 4) is 11.5 Å². The number of methoxy groups -OCH3 is 2. The van der Waals surface area contributed by atoms with Gasteiger partial charge in [0, 0.05) is 12.1 Å². The molecule has 0 aromatic heterocycles. The van der Waals surface area contributed by atoms with E-state index in [1.54, 1.807) is 0 Å². The fourth-order valence-electron chi connectivity index (χ4n) is 1.22. The van der Waals surface area contributed by atoms with Crippen LogP contribution in [0.5, 0.6) is 11.5 Å².